The average molecular weight is 610 g/mol. The van der Waals surface area contributed by atoms with Gasteiger partial charge in [-0.15, -0.1) is 0 Å². The van der Waals surface area contributed by atoms with Gasteiger partial charge in [-0.2, -0.15) is 0 Å². The van der Waals surface area contributed by atoms with E-state index in [4.69, 9.17) is 14.2 Å². The summed E-state index contributed by atoms with van der Waals surface area (Å²) in [6.45, 7) is 8.16. The number of ketones is 1. The molecule has 0 aromatic heterocycles. The molecule has 13 nitrogen and oxygen atoms in total. The van der Waals surface area contributed by atoms with Gasteiger partial charge in [-0.3, -0.25) is 14.4 Å². The smallest absolute Gasteiger partial charge is 0.337 e. The molecule has 1 amide bonds. The van der Waals surface area contributed by atoms with E-state index in [1.54, 1.807) is 13.8 Å². The van der Waals surface area contributed by atoms with Crippen LogP contribution in [0.2, 0.25) is 0 Å². The summed E-state index contributed by atoms with van der Waals surface area (Å²) in [6.07, 6.45) is -8.01. The van der Waals surface area contributed by atoms with Crippen LogP contribution < -0.4 is 5.32 Å². The van der Waals surface area contributed by atoms with Crippen LogP contribution >= 0.6 is 0 Å². The fourth-order valence-corrected chi connectivity index (χ4v) is 8.30. The van der Waals surface area contributed by atoms with E-state index in [-0.39, 0.29) is 30.1 Å². The minimum absolute atomic E-state index is 0.0159. The lowest BCUT2D eigenvalue weighted by atomic mass is 9.45. The summed E-state index contributed by atoms with van der Waals surface area (Å²) >= 11 is 0. The SMILES string of the molecule is CC(=O)N[C@@H](C1CC1)[C@@H](O)C(=O)OC1C[C@@]2(O)[C@@H](OC(C)=O)[C@@H]3[C@]4(O)CO[C@@H]4C[C@H](O)[C@@]3(C)C(=O)[C@H](O)C(=C1C)C2(C)C. The molecule has 240 valence electrons. The van der Waals surface area contributed by atoms with Crippen LogP contribution in [0.1, 0.15) is 67.2 Å². The lowest BCUT2D eigenvalue weighted by Crippen LogP contribution is -2.81. The first-order chi connectivity index (χ1) is 19.8. The molecule has 3 saturated carbocycles. The zero-order valence-electron chi connectivity index (χ0n) is 25.3. The van der Waals surface area contributed by atoms with Crippen molar-refractivity contribution in [3.8, 4) is 0 Å². The standard InChI is InChI=1S/C30H43NO12/c1-12-16(43-26(38)22(36)20(15-7-8-15)31-13(2)32)10-30(40)25(42-14(3)33)23-28(6,17(34)9-18-29(23,39)11-41-18)24(37)21(35)19(12)27(30,4)5/h15-18,20-23,25,34-36,39-40H,7-11H2,1-6H3,(H,31,32)/t16?,17-,18+,20-,21+,22+,23-,25-,28+,29-,30+/m0/s1. The number of esters is 2. The fraction of sp³-hybridized carbons (Fsp3) is 0.800. The molecule has 6 N–H and O–H groups in total. The topological polar surface area (TPSA) is 209 Å². The summed E-state index contributed by atoms with van der Waals surface area (Å²) in [4.78, 5) is 51.9. The Labute approximate surface area is 249 Å². The first-order valence-corrected chi connectivity index (χ1v) is 14.8. The van der Waals surface area contributed by atoms with Crippen LogP contribution in [-0.2, 0) is 33.4 Å². The largest absolute Gasteiger partial charge is 0.459 e. The molecular formula is C30H43NO12. The number of carbonyl (C=O) groups excluding carboxylic acids is 4. The van der Waals surface area contributed by atoms with Crippen LogP contribution in [-0.4, -0.2) is 110 Å². The number of rotatable bonds is 6. The molecule has 11 atom stereocenters. The molecule has 1 heterocycles. The normalized spacial score (nSPS) is 43.1. The van der Waals surface area contributed by atoms with Crippen molar-refractivity contribution >= 4 is 23.6 Å². The Hall–Kier alpha value is -2.42. The molecule has 0 radical (unpaired) electrons. The molecule has 4 fully saturated rings. The van der Waals surface area contributed by atoms with E-state index in [2.05, 4.69) is 5.32 Å². The number of Topliss-reactive ketones (excluding diaryl/α,β-unsaturated/α-hetero) is 1. The Morgan fingerprint density at radius 1 is 1.07 bits per heavy atom. The van der Waals surface area contributed by atoms with Crippen LogP contribution in [0.25, 0.3) is 0 Å². The molecule has 1 saturated heterocycles. The van der Waals surface area contributed by atoms with Crippen LogP contribution in [0, 0.1) is 22.7 Å². The predicted molar refractivity (Wildman–Crippen MR) is 146 cm³/mol. The van der Waals surface area contributed by atoms with Gasteiger partial charge in [0, 0.05) is 38.0 Å². The first-order valence-electron chi connectivity index (χ1n) is 14.8. The van der Waals surface area contributed by atoms with Gasteiger partial charge in [0.15, 0.2) is 11.9 Å². The highest BCUT2D eigenvalue weighted by molar-refractivity contribution is 5.93. The summed E-state index contributed by atoms with van der Waals surface area (Å²) in [6, 6.07) is -0.887. The Morgan fingerprint density at radius 2 is 1.70 bits per heavy atom. The van der Waals surface area contributed by atoms with Crippen molar-refractivity contribution in [2.45, 2.75) is 121 Å². The van der Waals surface area contributed by atoms with Crippen LogP contribution in [0.5, 0.6) is 0 Å². The van der Waals surface area contributed by atoms with Gasteiger partial charge in [-0.05, 0) is 43.8 Å². The summed E-state index contributed by atoms with van der Waals surface area (Å²) in [5.74, 6) is -4.73. The second-order valence-electron chi connectivity index (χ2n) is 13.9. The van der Waals surface area contributed by atoms with Gasteiger partial charge in [0.05, 0.1) is 30.3 Å². The number of aliphatic hydroxyl groups excluding tert-OH is 3. The highest BCUT2D eigenvalue weighted by Gasteiger charge is 2.76. The van der Waals surface area contributed by atoms with Gasteiger partial charge < -0.3 is 45.1 Å². The molecule has 43 heavy (non-hydrogen) atoms. The van der Waals surface area contributed by atoms with Crippen molar-refractivity contribution in [1.82, 2.24) is 5.32 Å². The van der Waals surface area contributed by atoms with Crippen molar-refractivity contribution in [2.75, 3.05) is 6.61 Å². The van der Waals surface area contributed by atoms with Crippen molar-refractivity contribution in [3.05, 3.63) is 11.1 Å². The highest BCUT2D eigenvalue weighted by Crippen LogP contribution is 2.63. The van der Waals surface area contributed by atoms with Crippen LogP contribution in [0.4, 0.5) is 0 Å². The van der Waals surface area contributed by atoms with Crippen molar-refractivity contribution < 1.29 is 58.9 Å². The third-order valence-electron chi connectivity index (χ3n) is 11.0. The van der Waals surface area contributed by atoms with Gasteiger partial charge in [0.1, 0.15) is 29.5 Å². The quantitative estimate of drug-likeness (QED) is 0.159. The summed E-state index contributed by atoms with van der Waals surface area (Å²) < 4.78 is 17.1. The Morgan fingerprint density at radius 3 is 2.21 bits per heavy atom. The van der Waals surface area contributed by atoms with Crippen molar-refractivity contribution in [1.29, 1.82) is 0 Å². The van der Waals surface area contributed by atoms with E-state index in [9.17, 15) is 44.7 Å². The van der Waals surface area contributed by atoms with Gasteiger partial charge in [0.25, 0.3) is 0 Å². The molecule has 4 aliphatic carbocycles. The van der Waals surface area contributed by atoms with Crippen LogP contribution in [0.3, 0.4) is 0 Å². The number of carbonyl (C=O) groups is 4. The lowest BCUT2D eigenvalue weighted by molar-refractivity contribution is -0.345. The highest BCUT2D eigenvalue weighted by atomic mass is 16.6. The molecule has 0 spiro atoms. The molecule has 5 aliphatic rings. The zero-order chi connectivity index (χ0) is 32.0. The Balaban J connectivity index is 1.63. The number of hydrogen-bond donors (Lipinski definition) is 6. The minimum atomic E-state index is -2.17. The predicted octanol–water partition coefficient (Wildman–Crippen LogP) is -0.956. The number of aliphatic hydroxyl groups is 5. The molecule has 1 aliphatic heterocycles. The van der Waals surface area contributed by atoms with Crippen molar-refractivity contribution in [2.24, 2.45) is 22.7 Å². The van der Waals surface area contributed by atoms with E-state index in [0.29, 0.717) is 12.8 Å². The number of amides is 1. The molecule has 13 heteroatoms. The number of hydrogen-bond acceptors (Lipinski definition) is 12. The van der Waals surface area contributed by atoms with Crippen molar-refractivity contribution in [3.63, 3.8) is 0 Å². The second kappa shape index (κ2) is 10.3. The van der Waals surface area contributed by atoms with E-state index in [1.165, 1.54) is 20.8 Å². The maximum Gasteiger partial charge on any atom is 0.337 e. The van der Waals surface area contributed by atoms with E-state index < -0.39 is 101 Å². The third-order valence-corrected chi connectivity index (χ3v) is 11.0. The van der Waals surface area contributed by atoms with Gasteiger partial charge in [-0.1, -0.05) is 13.8 Å². The molecule has 1 unspecified atom stereocenters. The van der Waals surface area contributed by atoms with Gasteiger partial charge in [-0.25, -0.2) is 4.79 Å². The third kappa shape index (κ3) is 4.57. The van der Waals surface area contributed by atoms with E-state index in [1.807, 2.05) is 0 Å². The van der Waals surface area contributed by atoms with Gasteiger partial charge in [0.2, 0.25) is 5.91 Å². The summed E-state index contributed by atoms with van der Waals surface area (Å²) in [5, 5.41) is 61.1. The second-order valence-corrected chi connectivity index (χ2v) is 13.9. The molecule has 0 aromatic rings. The fourth-order valence-electron chi connectivity index (χ4n) is 8.30. The lowest BCUT2D eigenvalue weighted by Gasteiger charge is -2.66. The molecule has 2 bridgehead atoms. The minimum Gasteiger partial charge on any atom is -0.459 e. The molecule has 0 aromatic carbocycles. The Kier molecular flexibility index (Phi) is 7.67. The molecule has 5 rings (SSSR count). The maximum atomic E-state index is 14.3. The molecular weight excluding hydrogens is 566 g/mol. The first kappa shape index (κ1) is 32.0. The monoisotopic (exact) mass is 609 g/mol. The van der Waals surface area contributed by atoms with E-state index >= 15 is 0 Å². The number of fused-ring (bicyclic) bond motifs is 5. The van der Waals surface area contributed by atoms with E-state index in [0.717, 1.165) is 6.92 Å². The van der Waals surface area contributed by atoms with Crippen LogP contribution in [0.15, 0.2) is 11.1 Å². The van der Waals surface area contributed by atoms with Gasteiger partial charge >= 0.3 is 11.9 Å². The zero-order valence-corrected chi connectivity index (χ0v) is 25.3. The average Bonchev–Trinajstić information content (AvgIpc) is 3.75. The summed E-state index contributed by atoms with van der Waals surface area (Å²) in [7, 11) is 0. The maximum absolute atomic E-state index is 14.3. The summed E-state index contributed by atoms with van der Waals surface area (Å²) in [5.41, 5.74) is -7.07. The number of nitrogens with one attached hydrogen (secondary N) is 1. The Bertz CT molecular complexity index is 1260. The number of ether oxygens (including phenoxy) is 3.